The standard InChI is InChI=1S/C3H4N2O4S2/c4-5-3-11(8,9)2-1-10(6)7/h1,3H,2H2. The predicted molar refractivity (Wildman–Crippen MR) is 38.5 cm³/mol. The highest BCUT2D eigenvalue weighted by Gasteiger charge is 2.09. The van der Waals surface area contributed by atoms with E-state index >= 15 is 0 Å². The maximum Gasteiger partial charge on any atom is 0.370 e. The number of hydrogen-bond donors (Lipinski definition) is 0. The second-order valence-electron chi connectivity index (χ2n) is 1.48. The quantitative estimate of drug-likeness (QED) is 0.177. The molecule has 0 aromatic heterocycles. The van der Waals surface area contributed by atoms with E-state index in [0.717, 1.165) is 0 Å². The summed E-state index contributed by atoms with van der Waals surface area (Å²) in [6.07, 6.45) is 0. The summed E-state index contributed by atoms with van der Waals surface area (Å²) in [4.78, 5) is 2.25. The van der Waals surface area contributed by atoms with Crippen molar-refractivity contribution in [2.45, 2.75) is 0 Å². The highest BCUT2D eigenvalue weighted by molar-refractivity contribution is 8.05. The van der Waals surface area contributed by atoms with Crippen molar-refractivity contribution in [1.82, 2.24) is 0 Å². The molecule has 0 aliphatic rings. The molecule has 0 N–H and O–H groups in total. The first-order chi connectivity index (χ1) is 4.98. The Morgan fingerprint density at radius 1 is 1.45 bits per heavy atom. The average Bonchev–Trinajstić information content (AvgIpc) is 1.84. The van der Waals surface area contributed by atoms with Crippen LogP contribution in [0, 0.1) is 0 Å². The zero-order valence-corrected chi connectivity index (χ0v) is 6.84. The topological polar surface area (TPSA) is 105 Å². The summed E-state index contributed by atoms with van der Waals surface area (Å²) in [6.45, 7) is 0. The summed E-state index contributed by atoms with van der Waals surface area (Å²) in [5.41, 5.74) is 8.06. The molecule has 0 bridgehead atoms. The first-order valence-corrected chi connectivity index (χ1v) is 5.15. The molecule has 0 unspecified atom stereocenters. The van der Waals surface area contributed by atoms with E-state index in [-0.39, 0.29) is 5.55 Å². The van der Waals surface area contributed by atoms with E-state index in [9.17, 15) is 16.8 Å². The van der Waals surface area contributed by atoms with Crippen LogP contribution in [0.5, 0.6) is 0 Å². The molecule has 0 spiro atoms. The molecule has 0 atom stereocenters. The third-order valence-electron chi connectivity index (χ3n) is 0.644. The van der Waals surface area contributed by atoms with Gasteiger partial charge in [0.05, 0.1) is 11.1 Å². The molecule has 0 aromatic rings. The first-order valence-electron chi connectivity index (χ1n) is 2.29. The van der Waals surface area contributed by atoms with Gasteiger partial charge in [0.1, 0.15) is 0 Å². The van der Waals surface area contributed by atoms with Gasteiger partial charge in [-0.1, -0.05) is 0 Å². The minimum Gasteiger partial charge on any atom is -0.361 e. The molecule has 0 aliphatic carbocycles. The Hall–Kier alpha value is -0.980. The fourth-order valence-electron chi connectivity index (χ4n) is 0.265. The van der Waals surface area contributed by atoms with E-state index < -0.39 is 25.9 Å². The Kier molecular flexibility index (Phi) is 3.66. The SMILES string of the molecule is [N-]=[N+]=CS(=O)(=O)CC=S(=O)=O. The maximum absolute atomic E-state index is 10.5. The molecule has 0 saturated heterocycles. The minimum atomic E-state index is -3.72. The van der Waals surface area contributed by atoms with Crippen LogP contribution in [0.4, 0.5) is 0 Å². The Morgan fingerprint density at radius 3 is 2.36 bits per heavy atom. The van der Waals surface area contributed by atoms with Gasteiger partial charge in [0.15, 0.2) is 0 Å². The number of rotatable bonds is 3. The average molecular weight is 196 g/mol. The van der Waals surface area contributed by atoms with Crippen molar-refractivity contribution in [3.05, 3.63) is 5.53 Å². The molecule has 0 aliphatic heterocycles. The van der Waals surface area contributed by atoms with E-state index in [1.165, 1.54) is 0 Å². The monoisotopic (exact) mass is 196 g/mol. The second-order valence-corrected chi connectivity index (χ2v) is 4.20. The smallest absolute Gasteiger partial charge is 0.361 e. The first kappa shape index (κ1) is 10.0. The molecule has 0 fully saturated rings. The van der Waals surface area contributed by atoms with Crippen molar-refractivity contribution in [2.24, 2.45) is 0 Å². The van der Waals surface area contributed by atoms with E-state index in [4.69, 9.17) is 5.53 Å². The van der Waals surface area contributed by atoms with Crippen LogP contribution < -0.4 is 0 Å². The van der Waals surface area contributed by atoms with Gasteiger partial charge in [-0.15, -0.1) is 0 Å². The highest BCUT2D eigenvalue weighted by atomic mass is 32.2. The molecule has 8 heteroatoms. The summed E-state index contributed by atoms with van der Waals surface area (Å²) in [5.74, 6) is -0.687. The lowest BCUT2D eigenvalue weighted by molar-refractivity contribution is 0.00757. The number of nitrogens with zero attached hydrogens (tertiary/aromatic N) is 2. The Labute approximate surface area is 64.5 Å². The Bertz CT molecular complexity index is 389. The van der Waals surface area contributed by atoms with Crippen LogP contribution in [-0.2, 0) is 20.1 Å². The van der Waals surface area contributed by atoms with Crippen molar-refractivity contribution >= 4 is 31.0 Å². The van der Waals surface area contributed by atoms with Gasteiger partial charge >= 0.3 is 5.55 Å². The van der Waals surface area contributed by atoms with Crippen molar-refractivity contribution in [3.8, 4) is 0 Å². The van der Waals surface area contributed by atoms with E-state index in [0.29, 0.717) is 5.37 Å². The summed E-state index contributed by atoms with van der Waals surface area (Å²) < 4.78 is 40.7. The summed E-state index contributed by atoms with van der Waals surface area (Å²) in [5, 5.41) is 0.553. The molecular formula is C3H4N2O4S2. The van der Waals surface area contributed by atoms with E-state index in [2.05, 4.69) is 4.79 Å². The second kappa shape index (κ2) is 4.02. The van der Waals surface area contributed by atoms with Crippen LogP contribution in [0.1, 0.15) is 0 Å². The molecule has 0 rings (SSSR count). The van der Waals surface area contributed by atoms with Gasteiger partial charge in [-0.25, -0.2) is 8.42 Å². The van der Waals surface area contributed by atoms with Crippen LogP contribution in [-0.4, -0.2) is 38.3 Å². The van der Waals surface area contributed by atoms with Crippen LogP contribution in [0.2, 0.25) is 0 Å². The van der Waals surface area contributed by atoms with Crippen molar-refractivity contribution in [1.29, 1.82) is 0 Å². The van der Waals surface area contributed by atoms with Gasteiger partial charge in [0, 0.05) is 0 Å². The Balaban J connectivity index is 4.66. The summed E-state index contributed by atoms with van der Waals surface area (Å²) in [7, 11) is -6.23. The fraction of sp³-hybridized carbons (Fsp3) is 0.333. The lowest BCUT2D eigenvalue weighted by Gasteiger charge is -1.78. The van der Waals surface area contributed by atoms with Crippen LogP contribution in [0.3, 0.4) is 0 Å². The predicted octanol–water partition coefficient (Wildman–Crippen LogP) is -1.66. The zero-order chi connectivity index (χ0) is 8.91. The molecule has 0 amide bonds. The minimum absolute atomic E-state index is 0.274. The highest BCUT2D eigenvalue weighted by Crippen LogP contribution is 1.77. The summed E-state index contributed by atoms with van der Waals surface area (Å²) >= 11 is 0. The van der Waals surface area contributed by atoms with Gasteiger partial charge in [0.2, 0.25) is 10.3 Å². The molecule has 0 heterocycles. The van der Waals surface area contributed by atoms with Gasteiger partial charge in [-0.3, -0.25) is 0 Å². The van der Waals surface area contributed by atoms with Gasteiger partial charge in [-0.05, 0) is 0 Å². The van der Waals surface area contributed by atoms with Crippen molar-refractivity contribution in [2.75, 3.05) is 5.75 Å². The molecule has 6 nitrogen and oxygen atoms in total. The van der Waals surface area contributed by atoms with Crippen molar-refractivity contribution in [3.63, 3.8) is 0 Å². The third-order valence-corrected chi connectivity index (χ3v) is 2.34. The molecule has 0 aromatic carbocycles. The van der Waals surface area contributed by atoms with Gasteiger partial charge in [0.25, 0.3) is 9.84 Å². The zero-order valence-electron chi connectivity index (χ0n) is 5.21. The Morgan fingerprint density at radius 2 is 2.00 bits per heavy atom. The molecule has 11 heavy (non-hydrogen) atoms. The van der Waals surface area contributed by atoms with E-state index in [1.54, 1.807) is 0 Å². The molecule has 0 saturated carbocycles. The number of sulfone groups is 1. The molecule has 62 valence electrons. The lowest BCUT2D eigenvalue weighted by atomic mass is 11.0. The van der Waals surface area contributed by atoms with Gasteiger partial charge < -0.3 is 5.53 Å². The van der Waals surface area contributed by atoms with Gasteiger partial charge in [-0.2, -0.15) is 13.2 Å². The van der Waals surface area contributed by atoms with Crippen LogP contribution in [0.25, 0.3) is 5.53 Å². The molecular weight excluding hydrogens is 192 g/mol. The third kappa shape index (κ3) is 5.46. The summed E-state index contributed by atoms with van der Waals surface area (Å²) in [6, 6.07) is 0. The van der Waals surface area contributed by atoms with Crippen LogP contribution >= 0.6 is 0 Å². The normalized spacial score (nSPS) is 9.82. The van der Waals surface area contributed by atoms with E-state index in [1.807, 2.05) is 0 Å². The van der Waals surface area contributed by atoms with Crippen LogP contribution in [0.15, 0.2) is 0 Å². The maximum atomic E-state index is 10.5. The molecule has 0 radical (unpaired) electrons. The fourth-order valence-corrected chi connectivity index (χ4v) is 1.70. The van der Waals surface area contributed by atoms with Crippen molar-refractivity contribution < 1.29 is 21.6 Å². The number of hydrogen-bond acceptors (Lipinski definition) is 4. The largest absolute Gasteiger partial charge is 0.370 e. The lowest BCUT2D eigenvalue weighted by Crippen LogP contribution is -2.08.